The number of carbonyl (C=O) groups excluding carboxylic acids is 1. The highest BCUT2D eigenvalue weighted by Gasteiger charge is 2.26. The first-order valence-corrected chi connectivity index (χ1v) is 11.7. The van der Waals surface area contributed by atoms with Gasteiger partial charge in [-0.25, -0.2) is 8.42 Å². The Labute approximate surface area is 172 Å². The largest absolute Gasteiger partial charge is 0.325 e. The zero-order valence-electron chi connectivity index (χ0n) is 16.5. The summed E-state index contributed by atoms with van der Waals surface area (Å²) in [5.74, 6) is -0.128. The molecule has 2 aliphatic rings. The van der Waals surface area contributed by atoms with Crippen LogP contribution < -0.4 is 5.32 Å². The Kier molecular flexibility index (Phi) is 5.99. The molecule has 0 radical (unpaired) electrons. The van der Waals surface area contributed by atoms with E-state index in [0.717, 1.165) is 38.8 Å². The van der Waals surface area contributed by atoms with Crippen LogP contribution in [0.15, 0.2) is 53.4 Å². The Morgan fingerprint density at radius 1 is 0.931 bits per heavy atom. The Morgan fingerprint density at radius 3 is 2.48 bits per heavy atom. The molecule has 0 atom stereocenters. The van der Waals surface area contributed by atoms with Gasteiger partial charge in [0.05, 0.1) is 11.4 Å². The van der Waals surface area contributed by atoms with Gasteiger partial charge in [-0.05, 0) is 48.6 Å². The van der Waals surface area contributed by atoms with Crippen LogP contribution in [-0.2, 0) is 27.8 Å². The minimum absolute atomic E-state index is 0.128. The van der Waals surface area contributed by atoms with E-state index in [4.69, 9.17) is 0 Å². The molecule has 2 aromatic carbocycles. The quantitative estimate of drug-likeness (QED) is 0.818. The number of nitrogens with one attached hydrogen (secondary N) is 1. The third kappa shape index (κ3) is 4.69. The van der Waals surface area contributed by atoms with Crippen molar-refractivity contribution in [3.05, 3.63) is 59.7 Å². The average Bonchev–Trinajstić information content (AvgIpc) is 2.74. The van der Waals surface area contributed by atoms with Gasteiger partial charge in [-0.15, -0.1) is 0 Å². The number of fused-ring (bicyclic) bond motifs is 1. The fourth-order valence-corrected chi connectivity index (χ4v) is 5.64. The van der Waals surface area contributed by atoms with E-state index in [9.17, 15) is 13.2 Å². The number of benzene rings is 2. The lowest BCUT2D eigenvalue weighted by molar-refractivity contribution is -0.117. The molecule has 2 aliphatic heterocycles. The van der Waals surface area contributed by atoms with E-state index < -0.39 is 10.0 Å². The number of hydrogen-bond acceptors (Lipinski definition) is 4. The highest BCUT2D eigenvalue weighted by molar-refractivity contribution is 7.89. The molecule has 0 bridgehead atoms. The standard InChI is InChI=1S/C22H27N3O3S/c26-22(17-24-14-11-18-7-2-3-8-19(18)16-24)23-20-9-6-10-21(15-20)29(27,28)25-12-4-1-5-13-25/h2-3,6-10,15H,1,4-5,11-14,16-17H2,(H,23,26). The molecule has 154 valence electrons. The van der Waals surface area contributed by atoms with Crippen molar-refractivity contribution in [2.24, 2.45) is 0 Å². The van der Waals surface area contributed by atoms with E-state index >= 15 is 0 Å². The number of piperidine rings is 1. The lowest BCUT2D eigenvalue weighted by atomic mass is 10.00. The zero-order valence-corrected chi connectivity index (χ0v) is 17.3. The fourth-order valence-electron chi connectivity index (χ4n) is 4.08. The zero-order chi connectivity index (χ0) is 20.3. The van der Waals surface area contributed by atoms with Crippen molar-refractivity contribution in [1.82, 2.24) is 9.21 Å². The van der Waals surface area contributed by atoms with Gasteiger partial charge in [0.15, 0.2) is 0 Å². The van der Waals surface area contributed by atoms with Gasteiger partial charge >= 0.3 is 0 Å². The first-order chi connectivity index (χ1) is 14.0. The molecule has 0 aliphatic carbocycles. The smallest absolute Gasteiger partial charge is 0.243 e. The molecular weight excluding hydrogens is 386 g/mol. The fraction of sp³-hybridized carbons (Fsp3) is 0.409. The maximum absolute atomic E-state index is 12.9. The van der Waals surface area contributed by atoms with Crippen LogP contribution in [0.1, 0.15) is 30.4 Å². The summed E-state index contributed by atoms with van der Waals surface area (Å²) in [4.78, 5) is 14.9. The third-order valence-electron chi connectivity index (χ3n) is 5.65. The molecule has 0 unspecified atom stereocenters. The van der Waals surface area contributed by atoms with Gasteiger partial charge in [0, 0.05) is 31.9 Å². The van der Waals surface area contributed by atoms with Crippen LogP contribution in [0.3, 0.4) is 0 Å². The summed E-state index contributed by atoms with van der Waals surface area (Å²) in [5, 5.41) is 2.87. The van der Waals surface area contributed by atoms with Crippen molar-refractivity contribution in [2.75, 3.05) is 31.5 Å². The molecule has 4 rings (SSSR count). The van der Waals surface area contributed by atoms with Crippen molar-refractivity contribution in [2.45, 2.75) is 37.1 Å². The van der Waals surface area contributed by atoms with Crippen LogP contribution in [0, 0.1) is 0 Å². The molecule has 0 aromatic heterocycles. The second-order valence-corrected chi connectivity index (χ2v) is 9.71. The Bertz CT molecular complexity index is 984. The predicted octanol–water partition coefficient (Wildman–Crippen LogP) is 2.86. The maximum atomic E-state index is 12.9. The Hall–Kier alpha value is -2.22. The Morgan fingerprint density at radius 2 is 1.69 bits per heavy atom. The summed E-state index contributed by atoms with van der Waals surface area (Å²) in [6.45, 7) is 3.02. The monoisotopic (exact) mass is 413 g/mol. The summed E-state index contributed by atoms with van der Waals surface area (Å²) in [6, 6.07) is 14.9. The van der Waals surface area contributed by atoms with Crippen molar-refractivity contribution in [3.8, 4) is 0 Å². The predicted molar refractivity (Wildman–Crippen MR) is 113 cm³/mol. The van der Waals surface area contributed by atoms with Crippen LogP contribution in [-0.4, -0.2) is 49.7 Å². The average molecular weight is 414 g/mol. The van der Waals surface area contributed by atoms with Gasteiger partial charge in [0.2, 0.25) is 15.9 Å². The molecule has 1 saturated heterocycles. The van der Waals surface area contributed by atoms with E-state index in [1.165, 1.54) is 11.1 Å². The van der Waals surface area contributed by atoms with Crippen LogP contribution in [0.2, 0.25) is 0 Å². The molecule has 6 nitrogen and oxygen atoms in total. The van der Waals surface area contributed by atoms with Gasteiger partial charge in [-0.1, -0.05) is 36.8 Å². The van der Waals surface area contributed by atoms with E-state index in [2.05, 4.69) is 22.3 Å². The SMILES string of the molecule is O=C(CN1CCc2ccccc2C1)Nc1cccc(S(=O)(=O)N2CCCCC2)c1. The van der Waals surface area contributed by atoms with Gasteiger partial charge in [-0.2, -0.15) is 4.31 Å². The van der Waals surface area contributed by atoms with Crippen molar-refractivity contribution in [1.29, 1.82) is 0 Å². The normalized spacial score (nSPS) is 18.2. The summed E-state index contributed by atoms with van der Waals surface area (Å²) in [5.41, 5.74) is 3.13. The van der Waals surface area contributed by atoms with E-state index in [1.807, 2.05) is 12.1 Å². The van der Waals surface area contributed by atoms with Crippen molar-refractivity contribution >= 4 is 21.6 Å². The lowest BCUT2D eigenvalue weighted by Gasteiger charge is -2.28. The molecule has 2 heterocycles. The van der Waals surface area contributed by atoms with Gasteiger partial charge < -0.3 is 5.32 Å². The topological polar surface area (TPSA) is 69.7 Å². The molecule has 7 heteroatoms. The van der Waals surface area contributed by atoms with Gasteiger partial charge in [0.25, 0.3) is 0 Å². The molecular formula is C22H27N3O3S. The number of sulfonamides is 1. The second-order valence-electron chi connectivity index (χ2n) is 7.77. The molecule has 1 fully saturated rings. The highest BCUT2D eigenvalue weighted by Crippen LogP contribution is 2.23. The first kappa shape index (κ1) is 20.1. The number of nitrogens with zero attached hydrogens (tertiary/aromatic N) is 2. The molecule has 0 saturated carbocycles. The van der Waals surface area contributed by atoms with E-state index in [0.29, 0.717) is 18.8 Å². The molecule has 1 N–H and O–H groups in total. The number of carbonyl (C=O) groups is 1. The minimum Gasteiger partial charge on any atom is -0.325 e. The highest BCUT2D eigenvalue weighted by atomic mass is 32.2. The van der Waals surface area contributed by atoms with Crippen LogP contribution in [0.5, 0.6) is 0 Å². The van der Waals surface area contributed by atoms with Gasteiger partial charge in [0.1, 0.15) is 0 Å². The van der Waals surface area contributed by atoms with E-state index in [1.54, 1.807) is 28.6 Å². The second kappa shape index (κ2) is 8.65. The maximum Gasteiger partial charge on any atom is 0.243 e. The number of hydrogen-bond donors (Lipinski definition) is 1. The summed E-state index contributed by atoms with van der Waals surface area (Å²) < 4.78 is 27.3. The summed E-state index contributed by atoms with van der Waals surface area (Å²) in [7, 11) is -3.51. The van der Waals surface area contributed by atoms with Crippen molar-refractivity contribution in [3.63, 3.8) is 0 Å². The summed E-state index contributed by atoms with van der Waals surface area (Å²) >= 11 is 0. The molecule has 29 heavy (non-hydrogen) atoms. The van der Waals surface area contributed by atoms with E-state index in [-0.39, 0.29) is 17.3 Å². The number of amides is 1. The summed E-state index contributed by atoms with van der Waals surface area (Å²) in [6.07, 6.45) is 3.80. The number of anilines is 1. The third-order valence-corrected chi connectivity index (χ3v) is 7.54. The Balaban J connectivity index is 1.40. The van der Waals surface area contributed by atoms with Gasteiger partial charge in [-0.3, -0.25) is 9.69 Å². The van der Waals surface area contributed by atoms with Crippen LogP contribution in [0.4, 0.5) is 5.69 Å². The lowest BCUT2D eigenvalue weighted by Crippen LogP contribution is -2.37. The van der Waals surface area contributed by atoms with Crippen LogP contribution >= 0.6 is 0 Å². The first-order valence-electron chi connectivity index (χ1n) is 10.2. The minimum atomic E-state index is -3.51. The molecule has 1 amide bonds. The molecule has 0 spiro atoms. The number of rotatable bonds is 5. The molecule has 2 aromatic rings. The van der Waals surface area contributed by atoms with Crippen molar-refractivity contribution < 1.29 is 13.2 Å². The van der Waals surface area contributed by atoms with Crippen LogP contribution in [0.25, 0.3) is 0 Å².